The molecule has 3 aromatic carbocycles. The monoisotopic (exact) mass is 436 g/mol. The van der Waals surface area contributed by atoms with E-state index in [1.54, 1.807) is 18.2 Å². The second kappa shape index (κ2) is 7.86. The minimum Gasteiger partial charge on any atom is -0.489 e. The summed E-state index contributed by atoms with van der Waals surface area (Å²) in [6, 6.07) is 21.0. The van der Waals surface area contributed by atoms with Crippen LogP contribution in [0.2, 0.25) is 0 Å². The first-order valence-electron chi connectivity index (χ1n) is 8.68. The van der Waals surface area contributed by atoms with E-state index >= 15 is 0 Å². The van der Waals surface area contributed by atoms with Crippen molar-refractivity contribution < 1.29 is 14.3 Å². The number of nitrogens with one attached hydrogen (secondary N) is 1. The lowest BCUT2D eigenvalue weighted by atomic mass is 10.2. The van der Waals surface area contributed by atoms with Crippen molar-refractivity contribution in [2.24, 2.45) is 0 Å². The van der Waals surface area contributed by atoms with Crippen molar-refractivity contribution in [2.45, 2.75) is 6.61 Å². The highest BCUT2D eigenvalue weighted by atomic mass is 79.9. The Morgan fingerprint density at radius 2 is 1.79 bits per heavy atom. The van der Waals surface area contributed by atoms with E-state index in [1.165, 1.54) is 7.11 Å². The molecule has 1 aromatic heterocycles. The molecule has 6 heteroatoms. The maximum absolute atomic E-state index is 11.7. The molecule has 0 fully saturated rings. The van der Waals surface area contributed by atoms with Crippen molar-refractivity contribution in [1.29, 1.82) is 0 Å². The van der Waals surface area contributed by atoms with E-state index in [0.717, 1.165) is 38.2 Å². The predicted octanol–water partition coefficient (Wildman–Crippen LogP) is 5.36. The smallest absolute Gasteiger partial charge is 0.337 e. The molecule has 0 bridgehead atoms. The van der Waals surface area contributed by atoms with Crippen molar-refractivity contribution >= 4 is 32.9 Å². The minimum absolute atomic E-state index is 0.370. The van der Waals surface area contributed by atoms with E-state index in [2.05, 4.69) is 25.9 Å². The summed E-state index contributed by atoms with van der Waals surface area (Å²) in [6.07, 6.45) is 0. The molecule has 0 radical (unpaired) electrons. The zero-order valence-corrected chi connectivity index (χ0v) is 16.7. The number of aromatic amines is 1. The molecule has 1 N–H and O–H groups in total. The van der Waals surface area contributed by atoms with Crippen LogP contribution in [-0.4, -0.2) is 23.0 Å². The minimum atomic E-state index is -0.370. The van der Waals surface area contributed by atoms with Gasteiger partial charge in [-0.3, -0.25) is 0 Å². The summed E-state index contributed by atoms with van der Waals surface area (Å²) in [5, 5.41) is 0. The van der Waals surface area contributed by atoms with Gasteiger partial charge in [-0.15, -0.1) is 0 Å². The van der Waals surface area contributed by atoms with Gasteiger partial charge in [0.25, 0.3) is 0 Å². The topological polar surface area (TPSA) is 64.2 Å². The number of ether oxygens (including phenoxy) is 2. The predicted molar refractivity (Wildman–Crippen MR) is 111 cm³/mol. The quantitative estimate of drug-likeness (QED) is 0.427. The van der Waals surface area contributed by atoms with Gasteiger partial charge < -0.3 is 14.5 Å². The maximum atomic E-state index is 11.7. The van der Waals surface area contributed by atoms with Gasteiger partial charge in [-0.05, 0) is 60.2 Å². The number of methoxy groups -OCH3 is 1. The fraction of sp³-hybridized carbons (Fsp3) is 0.0909. The molecule has 0 unspecified atom stereocenters. The number of carbonyl (C=O) groups excluding carboxylic acids is 1. The van der Waals surface area contributed by atoms with Gasteiger partial charge in [0.2, 0.25) is 0 Å². The van der Waals surface area contributed by atoms with Crippen molar-refractivity contribution in [3.05, 3.63) is 82.3 Å². The van der Waals surface area contributed by atoms with Crippen LogP contribution in [0.25, 0.3) is 22.4 Å². The molecule has 0 aliphatic rings. The third-order valence-corrected chi connectivity index (χ3v) is 4.88. The van der Waals surface area contributed by atoms with Gasteiger partial charge in [-0.25, -0.2) is 9.78 Å². The van der Waals surface area contributed by atoms with Crippen molar-refractivity contribution in [1.82, 2.24) is 9.97 Å². The molecule has 0 aliphatic heterocycles. The molecule has 0 amide bonds. The van der Waals surface area contributed by atoms with Gasteiger partial charge in [-0.1, -0.05) is 28.1 Å². The summed E-state index contributed by atoms with van der Waals surface area (Å²) in [5.74, 6) is 1.15. The third kappa shape index (κ3) is 3.92. The maximum Gasteiger partial charge on any atom is 0.337 e. The molecule has 4 aromatic rings. The average molecular weight is 437 g/mol. The Morgan fingerprint density at radius 3 is 2.50 bits per heavy atom. The number of aromatic nitrogens is 2. The SMILES string of the molecule is COC(=O)c1ccc2nc(-c3ccc(OCc4ccc(Br)cc4)cc3)[nH]c2c1. The highest BCUT2D eigenvalue weighted by Crippen LogP contribution is 2.24. The number of fused-ring (bicyclic) bond motifs is 1. The number of esters is 1. The van der Waals surface area contributed by atoms with Gasteiger partial charge in [0.15, 0.2) is 0 Å². The summed E-state index contributed by atoms with van der Waals surface area (Å²) in [4.78, 5) is 19.5. The molecule has 0 saturated carbocycles. The summed E-state index contributed by atoms with van der Waals surface area (Å²) in [5.41, 5.74) is 4.10. The first kappa shape index (κ1) is 18.3. The van der Waals surface area contributed by atoms with Crippen molar-refractivity contribution in [2.75, 3.05) is 7.11 Å². The Bertz CT molecular complexity index is 1120. The zero-order valence-electron chi connectivity index (χ0n) is 15.1. The summed E-state index contributed by atoms with van der Waals surface area (Å²) in [6.45, 7) is 0.508. The van der Waals surface area contributed by atoms with E-state index in [0.29, 0.717) is 12.2 Å². The van der Waals surface area contributed by atoms with Gasteiger partial charge in [0.1, 0.15) is 18.2 Å². The van der Waals surface area contributed by atoms with Gasteiger partial charge >= 0.3 is 5.97 Å². The molecule has 0 aliphatic carbocycles. The summed E-state index contributed by atoms with van der Waals surface area (Å²) in [7, 11) is 1.37. The van der Waals surface area contributed by atoms with E-state index in [1.807, 2.05) is 48.5 Å². The Kier molecular flexibility index (Phi) is 5.12. The van der Waals surface area contributed by atoms with E-state index in [4.69, 9.17) is 9.47 Å². The second-order valence-electron chi connectivity index (χ2n) is 6.25. The molecule has 0 atom stereocenters. The lowest BCUT2D eigenvalue weighted by Gasteiger charge is -2.07. The number of benzene rings is 3. The Balaban J connectivity index is 1.50. The van der Waals surface area contributed by atoms with Crippen LogP contribution in [0.5, 0.6) is 5.75 Å². The van der Waals surface area contributed by atoms with Crippen molar-refractivity contribution in [3.63, 3.8) is 0 Å². The summed E-state index contributed by atoms with van der Waals surface area (Å²) < 4.78 is 11.6. The van der Waals surface area contributed by atoms with Crippen LogP contribution in [0, 0.1) is 0 Å². The number of H-pyrrole nitrogens is 1. The first-order chi connectivity index (χ1) is 13.6. The number of nitrogens with zero attached hydrogens (tertiary/aromatic N) is 1. The summed E-state index contributed by atoms with van der Waals surface area (Å²) >= 11 is 3.43. The van der Waals surface area contributed by atoms with Crippen LogP contribution >= 0.6 is 15.9 Å². The van der Waals surface area contributed by atoms with E-state index in [9.17, 15) is 4.79 Å². The highest BCUT2D eigenvalue weighted by molar-refractivity contribution is 9.10. The Morgan fingerprint density at radius 1 is 1.04 bits per heavy atom. The number of rotatable bonds is 5. The molecule has 28 heavy (non-hydrogen) atoms. The average Bonchev–Trinajstić information content (AvgIpc) is 3.16. The van der Waals surface area contributed by atoms with Gasteiger partial charge in [0, 0.05) is 10.0 Å². The van der Waals surface area contributed by atoms with Crippen LogP contribution in [0.3, 0.4) is 0 Å². The third-order valence-electron chi connectivity index (χ3n) is 4.35. The molecule has 1 heterocycles. The molecule has 5 nitrogen and oxygen atoms in total. The van der Waals surface area contributed by atoms with Crippen LogP contribution in [-0.2, 0) is 11.3 Å². The fourth-order valence-corrected chi connectivity index (χ4v) is 3.11. The molecule has 0 saturated heterocycles. The standard InChI is InChI=1S/C22H17BrN2O3/c1-27-22(26)16-6-11-19-20(12-16)25-21(24-19)15-4-9-18(10-5-15)28-13-14-2-7-17(23)8-3-14/h2-12H,13H2,1H3,(H,24,25). The van der Waals surface area contributed by atoms with Crippen LogP contribution in [0.15, 0.2) is 71.2 Å². The number of imidazole rings is 1. The zero-order chi connectivity index (χ0) is 19.5. The number of carbonyl (C=O) groups is 1. The molecular formula is C22H17BrN2O3. The van der Waals surface area contributed by atoms with E-state index in [-0.39, 0.29) is 5.97 Å². The fourth-order valence-electron chi connectivity index (χ4n) is 2.85. The van der Waals surface area contributed by atoms with Crippen LogP contribution in [0.4, 0.5) is 0 Å². The number of halogens is 1. The Labute approximate surface area is 170 Å². The molecule has 4 rings (SSSR count). The Hall–Kier alpha value is -3.12. The second-order valence-corrected chi connectivity index (χ2v) is 7.16. The lowest BCUT2D eigenvalue weighted by molar-refractivity contribution is 0.0601. The lowest BCUT2D eigenvalue weighted by Crippen LogP contribution is -2.00. The normalized spacial score (nSPS) is 10.8. The molecule has 140 valence electrons. The highest BCUT2D eigenvalue weighted by Gasteiger charge is 2.10. The van der Waals surface area contributed by atoms with Crippen molar-refractivity contribution in [3.8, 4) is 17.1 Å². The molecular weight excluding hydrogens is 420 g/mol. The van der Waals surface area contributed by atoms with E-state index < -0.39 is 0 Å². The van der Waals surface area contributed by atoms with Gasteiger partial charge in [0.05, 0.1) is 23.7 Å². The van der Waals surface area contributed by atoms with Crippen LogP contribution in [0.1, 0.15) is 15.9 Å². The van der Waals surface area contributed by atoms with Gasteiger partial charge in [-0.2, -0.15) is 0 Å². The number of hydrogen-bond acceptors (Lipinski definition) is 4. The number of hydrogen-bond donors (Lipinski definition) is 1. The largest absolute Gasteiger partial charge is 0.489 e. The first-order valence-corrected chi connectivity index (χ1v) is 9.47. The van der Waals surface area contributed by atoms with Crippen LogP contribution < -0.4 is 4.74 Å². The molecule has 0 spiro atoms.